The summed E-state index contributed by atoms with van der Waals surface area (Å²) in [6, 6.07) is 0. The van der Waals surface area contributed by atoms with Crippen molar-refractivity contribution in [2.75, 3.05) is 53.4 Å². The van der Waals surface area contributed by atoms with Crippen LogP contribution in [0.2, 0.25) is 0 Å². The SMILES string of the molecule is CCCCCCCC[N+](C)(CCCCCCCC)CCCCCCCC.CCCCCCCC[N+](C)(CCCCCCCC)CCCCCCCC.O=C([O-])C(O)C(O)C(=O)[O-]. The van der Waals surface area contributed by atoms with E-state index < -0.39 is 24.1 Å². The maximum absolute atomic E-state index is 9.63. The smallest absolute Gasteiger partial charge is 0.124 e. The van der Waals surface area contributed by atoms with Crippen molar-refractivity contribution in [2.24, 2.45) is 0 Å². The van der Waals surface area contributed by atoms with Crippen molar-refractivity contribution in [3.8, 4) is 0 Å². The number of carboxylic acids is 2. The van der Waals surface area contributed by atoms with E-state index in [1.54, 1.807) is 0 Å². The molecule has 0 bridgehead atoms. The molecule has 0 aliphatic rings. The molecule has 2 unspecified atom stereocenters. The summed E-state index contributed by atoms with van der Waals surface area (Å²) in [5.41, 5.74) is 0. The van der Waals surface area contributed by atoms with E-state index in [9.17, 15) is 19.8 Å². The van der Waals surface area contributed by atoms with Gasteiger partial charge >= 0.3 is 0 Å². The van der Waals surface area contributed by atoms with Gasteiger partial charge in [0.1, 0.15) is 12.2 Å². The van der Waals surface area contributed by atoms with Crippen molar-refractivity contribution in [1.82, 2.24) is 0 Å². The number of quaternary nitrogens is 2. The molecule has 0 aliphatic carbocycles. The van der Waals surface area contributed by atoms with Crippen LogP contribution in [0.5, 0.6) is 0 Å². The Labute approximate surface area is 388 Å². The molecule has 8 nitrogen and oxygen atoms in total. The number of unbranched alkanes of at least 4 members (excludes halogenated alkanes) is 30. The summed E-state index contributed by atoms with van der Waals surface area (Å²) in [7, 11) is 5.12. The Hall–Kier alpha value is -1.22. The molecule has 0 amide bonds. The van der Waals surface area contributed by atoms with Gasteiger partial charge in [0.2, 0.25) is 0 Å². The predicted molar refractivity (Wildman–Crippen MR) is 264 cm³/mol. The van der Waals surface area contributed by atoms with Gasteiger partial charge in [-0.15, -0.1) is 0 Å². The Bertz CT molecular complexity index is 764. The van der Waals surface area contributed by atoms with Crippen LogP contribution in [-0.4, -0.2) is 96.7 Å². The largest absolute Gasteiger partial charge is 0.547 e. The highest BCUT2D eigenvalue weighted by molar-refractivity contribution is 5.80. The number of rotatable bonds is 45. The molecule has 0 aliphatic heterocycles. The Morgan fingerprint density at radius 3 is 0.565 bits per heavy atom. The zero-order valence-corrected chi connectivity index (χ0v) is 43.3. The monoisotopic (exact) mass is 885 g/mol. The van der Waals surface area contributed by atoms with E-state index in [1.807, 2.05) is 0 Å². The molecule has 0 radical (unpaired) electrons. The van der Waals surface area contributed by atoms with Crippen LogP contribution in [0.1, 0.15) is 273 Å². The van der Waals surface area contributed by atoms with Gasteiger partial charge in [-0.25, -0.2) is 0 Å². The molecule has 0 fully saturated rings. The highest BCUT2D eigenvalue weighted by Crippen LogP contribution is 2.18. The average molecular weight is 885 g/mol. The second-order valence-corrected chi connectivity index (χ2v) is 19.7. The fraction of sp³-hybridized carbons (Fsp3) is 0.963. The van der Waals surface area contributed by atoms with Crippen molar-refractivity contribution in [2.45, 2.75) is 285 Å². The van der Waals surface area contributed by atoms with Gasteiger partial charge in [-0.1, -0.05) is 196 Å². The zero-order chi connectivity index (χ0) is 47.0. The van der Waals surface area contributed by atoms with Gasteiger partial charge < -0.3 is 39.0 Å². The van der Waals surface area contributed by atoms with E-state index in [1.165, 1.54) is 279 Å². The molecule has 0 saturated heterocycles. The fourth-order valence-electron chi connectivity index (χ4n) is 8.57. The number of hydrogen-bond donors (Lipinski definition) is 2. The summed E-state index contributed by atoms with van der Waals surface area (Å²) in [4.78, 5) is 19.3. The maximum atomic E-state index is 9.63. The summed E-state index contributed by atoms with van der Waals surface area (Å²) >= 11 is 0. The summed E-state index contributed by atoms with van der Waals surface area (Å²) < 4.78 is 2.71. The average Bonchev–Trinajstić information content (AvgIpc) is 3.25. The van der Waals surface area contributed by atoms with Crippen LogP contribution in [0.25, 0.3) is 0 Å². The minimum atomic E-state index is -2.44. The third-order valence-corrected chi connectivity index (χ3v) is 13.1. The summed E-state index contributed by atoms with van der Waals surface area (Å²) in [6.45, 7) is 22.4. The third-order valence-electron chi connectivity index (χ3n) is 13.1. The molecule has 0 aromatic heterocycles. The number of carbonyl (C=O) groups excluding carboxylic acids is 2. The van der Waals surface area contributed by atoms with Gasteiger partial charge in [0.15, 0.2) is 0 Å². The van der Waals surface area contributed by atoms with Crippen molar-refractivity contribution in [3.05, 3.63) is 0 Å². The Morgan fingerprint density at radius 1 is 0.306 bits per heavy atom. The van der Waals surface area contributed by atoms with Crippen LogP contribution in [0.15, 0.2) is 0 Å². The summed E-state index contributed by atoms with van der Waals surface area (Å²) in [5, 5.41) is 35.7. The molecule has 0 spiro atoms. The van der Waals surface area contributed by atoms with Gasteiger partial charge in [-0.3, -0.25) is 0 Å². The number of carboxylic acid groups (broad SMARTS) is 2. The van der Waals surface area contributed by atoms with Gasteiger partial charge in [-0.2, -0.15) is 0 Å². The number of nitrogens with zero attached hydrogens (tertiary/aromatic N) is 2. The molecule has 0 rings (SSSR count). The molecule has 0 aromatic rings. The first-order chi connectivity index (χ1) is 29.8. The second-order valence-electron chi connectivity index (χ2n) is 19.7. The minimum absolute atomic E-state index is 1.36. The highest BCUT2D eigenvalue weighted by atomic mass is 16.4. The number of aliphatic hydroxyl groups is 2. The molecule has 8 heteroatoms. The van der Waals surface area contributed by atoms with E-state index in [2.05, 4.69) is 55.6 Å². The van der Waals surface area contributed by atoms with Crippen molar-refractivity contribution < 1.29 is 39.0 Å². The van der Waals surface area contributed by atoms with Crippen LogP contribution in [0.4, 0.5) is 0 Å². The fourth-order valence-corrected chi connectivity index (χ4v) is 8.57. The van der Waals surface area contributed by atoms with Crippen LogP contribution in [0.3, 0.4) is 0 Å². The van der Waals surface area contributed by atoms with Gasteiger partial charge in [0, 0.05) is 0 Å². The summed E-state index contributed by atoms with van der Waals surface area (Å²) in [5.74, 6) is -4.12. The zero-order valence-electron chi connectivity index (χ0n) is 43.3. The van der Waals surface area contributed by atoms with Crippen molar-refractivity contribution in [3.63, 3.8) is 0 Å². The Balaban J connectivity index is -0.000000922. The first-order valence-corrected chi connectivity index (χ1v) is 27.3. The van der Waals surface area contributed by atoms with E-state index in [0.29, 0.717) is 0 Å². The molecule has 0 aromatic carbocycles. The van der Waals surface area contributed by atoms with E-state index in [-0.39, 0.29) is 0 Å². The lowest BCUT2D eigenvalue weighted by molar-refractivity contribution is -0.910. The molecular weight excluding hydrogens is 773 g/mol. The Kier molecular flexibility index (Phi) is 51.6. The van der Waals surface area contributed by atoms with Crippen LogP contribution < -0.4 is 10.2 Å². The predicted octanol–water partition coefficient (Wildman–Crippen LogP) is 12.2. The minimum Gasteiger partial charge on any atom is -0.547 e. The van der Waals surface area contributed by atoms with E-state index in [0.717, 1.165) is 0 Å². The molecule has 2 atom stereocenters. The molecule has 0 heterocycles. The lowest BCUT2D eigenvalue weighted by Gasteiger charge is -2.35. The van der Waals surface area contributed by atoms with Crippen molar-refractivity contribution >= 4 is 11.9 Å². The molecule has 374 valence electrons. The highest BCUT2D eigenvalue weighted by Gasteiger charge is 2.21. The lowest BCUT2D eigenvalue weighted by atomic mass is 10.1. The Morgan fingerprint density at radius 2 is 0.435 bits per heavy atom. The van der Waals surface area contributed by atoms with Gasteiger partial charge in [0.05, 0.1) is 65.3 Å². The van der Waals surface area contributed by atoms with Gasteiger partial charge in [0.25, 0.3) is 0 Å². The first-order valence-electron chi connectivity index (χ1n) is 27.3. The maximum Gasteiger partial charge on any atom is 0.124 e. The summed E-state index contributed by atoms with van der Waals surface area (Å²) in [6.07, 6.45) is 46.8. The number of carbonyl (C=O) groups is 2. The van der Waals surface area contributed by atoms with Crippen LogP contribution in [-0.2, 0) is 9.59 Å². The third kappa shape index (κ3) is 46.8. The number of hydrogen-bond acceptors (Lipinski definition) is 6. The number of aliphatic carboxylic acids is 2. The normalized spacial score (nSPS) is 12.6. The quantitative estimate of drug-likeness (QED) is 0.0464. The number of aliphatic hydroxyl groups excluding tert-OH is 2. The van der Waals surface area contributed by atoms with Gasteiger partial charge in [-0.05, 0) is 77.0 Å². The standard InChI is InChI=1S/2C25H54N.C4H6O6/c2*1-5-8-11-14-17-20-23-26(4,24-21-18-15-12-9-6-2)25-22-19-16-13-10-7-3;5-1(3(7)8)2(6)4(9)10/h2*5-25H2,1-4H3;1-2,5-6H,(H,7,8)(H,9,10)/q2*+1;/p-2. The molecular formula is C54H112N2O6. The van der Waals surface area contributed by atoms with Crippen LogP contribution in [0, 0.1) is 0 Å². The topological polar surface area (TPSA) is 121 Å². The first kappa shape index (κ1) is 65.1. The molecule has 2 N–H and O–H groups in total. The van der Waals surface area contributed by atoms with E-state index in [4.69, 9.17) is 10.2 Å². The second kappa shape index (κ2) is 49.2. The van der Waals surface area contributed by atoms with E-state index >= 15 is 0 Å². The molecule has 62 heavy (non-hydrogen) atoms. The van der Waals surface area contributed by atoms with Crippen LogP contribution >= 0.6 is 0 Å². The van der Waals surface area contributed by atoms with Crippen molar-refractivity contribution in [1.29, 1.82) is 0 Å². The molecule has 0 saturated carbocycles. The lowest BCUT2D eigenvalue weighted by Crippen LogP contribution is -2.51.